The van der Waals surface area contributed by atoms with E-state index in [0.29, 0.717) is 12.0 Å². The summed E-state index contributed by atoms with van der Waals surface area (Å²) >= 11 is 1.61. The van der Waals surface area contributed by atoms with Crippen LogP contribution in [0.1, 0.15) is 30.6 Å². The number of anilines is 1. The SMILES string of the molecule is CC(C)C[C@H](NC(=O)c1ccc(-c2csc(N3CCN(C)CC3)n2)cc1)C(=O)N1C[C@H](F)[C@H]2OCC(=O)C21. The Hall–Kier alpha value is -2.89. The monoisotopic (exact) mass is 543 g/mol. The number of carbonyl (C=O) groups is 3. The number of amides is 2. The van der Waals surface area contributed by atoms with Crippen LogP contribution in [0.25, 0.3) is 11.3 Å². The number of benzene rings is 1. The number of likely N-dealkylation sites (N-methyl/N-ethyl adjacent to an activating group) is 1. The number of likely N-dealkylation sites (tertiary alicyclic amines) is 1. The molecule has 3 aliphatic rings. The van der Waals surface area contributed by atoms with Crippen molar-refractivity contribution < 1.29 is 23.5 Å². The van der Waals surface area contributed by atoms with E-state index in [0.717, 1.165) is 42.6 Å². The molecule has 2 aromatic rings. The zero-order valence-electron chi connectivity index (χ0n) is 21.9. The van der Waals surface area contributed by atoms with Gasteiger partial charge in [-0.3, -0.25) is 14.4 Å². The fourth-order valence-corrected chi connectivity index (χ4v) is 6.18. The lowest BCUT2D eigenvalue weighted by Crippen LogP contribution is -2.52. The van der Waals surface area contributed by atoms with E-state index in [9.17, 15) is 18.8 Å². The first kappa shape index (κ1) is 26.7. The number of nitrogens with zero attached hydrogens (tertiary/aromatic N) is 4. The van der Waals surface area contributed by atoms with Gasteiger partial charge in [0.1, 0.15) is 31.0 Å². The first-order chi connectivity index (χ1) is 18.2. The second kappa shape index (κ2) is 11.1. The molecular weight excluding hydrogens is 509 g/mol. The van der Waals surface area contributed by atoms with Crippen molar-refractivity contribution in [3.63, 3.8) is 0 Å². The van der Waals surface area contributed by atoms with Crippen LogP contribution in [0.3, 0.4) is 0 Å². The molecule has 5 rings (SSSR count). The Morgan fingerprint density at radius 2 is 1.89 bits per heavy atom. The Balaban J connectivity index is 1.26. The molecule has 3 aliphatic heterocycles. The highest BCUT2D eigenvalue weighted by atomic mass is 32.1. The Bertz CT molecular complexity index is 1180. The van der Waals surface area contributed by atoms with Gasteiger partial charge in [-0.05, 0) is 31.5 Å². The summed E-state index contributed by atoms with van der Waals surface area (Å²) in [6.07, 6.45) is -1.96. The van der Waals surface area contributed by atoms with Crippen LogP contribution in [0.2, 0.25) is 0 Å². The van der Waals surface area contributed by atoms with E-state index in [1.807, 2.05) is 31.4 Å². The van der Waals surface area contributed by atoms with Crippen molar-refractivity contribution >= 4 is 34.1 Å². The maximum Gasteiger partial charge on any atom is 0.251 e. The topological polar surface area (TPSA) is 95.1 Å². The summed E-state index contributed by atoms with van der Waals surface area (Å²) in [5.41, 5.74) is 2.18. The van der Waals surface area contributed by atoms with Crippen LogP contribution in [-0.2, 0) is 14.3 Å². The molecule has 204 valence electrons. The van der Waals surface area contributed by atoms with Gasteiger partial charge in [-0.1, -0.05) is 26.0 Å². The average molecular weight is 544 g/mol. The van der Waals surface area contributed by atoms with Crippen molar-refractivity contribution in [1.82, 2.24) is 20.1 Å². The van der Waals surface area contributed by atoms with Crippen molar-refractivity contribution in [2.45, 2.75) is 44.6 Å². The number of aromatic nitrogens is 1. The second-order valence-electron chi connectivity index (χ2n) is 10.7. The van der Waals surface area contributed by atoms with E-state index in [2.05, 4.69) is 22.2 Å². The highest BCUT2D eigenvalue weighted by molar-refractivity contribution is 7.14. The Morgan fingerprint density at radius 1 is 1.18 bits per heavy atom. The van der Waals surface area contributed by atoms with Crippen molar-refractivity contribution in [3.05, 3.63) is 35.2 Å². The van der Waals surface area contributed by atoms with Gasteiger partial charge in [-0.25, -0.2) is 9.37 Å². The number of rotatable bonds is 7. The lowest BCUT2D eigenvalue weighted by molar-refractivity contribution is -0.138. The molecule has 3 saturated heterocycles. The quantitative estimate of drug-likeness (QED) is 0.572. The summed E-state index contributed by atoms with van der Waals surface area (Å²) < 4.78 is 19.7. The minimum atomic E-state index is -1.42. The van der Waals surface area contributed by atoms with Gasteiger partial charge in [0.2, 0.25) is 5.91 Å². The molecule has 2 amide bonds. The highest BCUT2D eigenvalue weighted by Crippen LogP contribution is 2.31. The molecule has 4 heterocycles. The molecule has 0 spiro atoms. The van der Waals surface area contributed by atoms with Gasteiger partial charge in [0.05, 0.1) is 12.2 Å². The molecule has 9 nitrogen and oxygen atoms in total. The van der Waals surface area contributed by atoms with Crippen molar-refractivity contribution in [1.29, 1.82) is 0 Å². The number of ketones is 1. The largest absolute Gasteiger partial charge is 0.365 e. The number of fused-ring (bicyclic) bond motifs is 1. The van der Waals surface area contributed by atoms with Crippen LogP contribution in [0, 0.1) is 5.92 Å². The van der Waals surface area contributed by atoms with Gasteiger partial charge in [-0.2, -0.15) is 0 Å². The van der Waals surface area contributed by atoms with E-state index in [-0.39, 0.29) is 24.9 Å². The Kier molecular flexibility index (Phi) is 7.78. The molecule has 38 heavy (non-hydrogen) atoms. The van der Waals surface area contributed by atoms with Gasteiger partial charge in [0, 0.05) is 42.7 Å². The molecule has 0 aliphatic carbocycles. The smallest absolute Gasteiger partial charge is 0.251 e. The number of hydrogen-bond donors (Lipinski definition) is 1. The number of thiazole rings is 1. The van der Waals surface area contributed by atoms with Crippen LogP contribution >= 0.6 is 11.3 Å². The minimum absolute atomic E-state index is 0.0980. The summed E-state index contributed by atoms with van der Waals surface area (Å²) in [4.78, 5) is 49.4. The Morgan fingerprint density at radius 3 is 2.58 bits per heavy atom. The van der Waals surface area contributed by atoms with E-state index in [1.165, 1.54) is 4.90 Å². The molecule has 1 aromatic heterocycles. The Labute approximate surface area is 225 Å². The van der Waals surface area contributed by atoms with E-state index in [4.69, 9.17) is 9.72 Å². The van der Waals surface area contributed by atoms with Crippen molar-refractivity contribution in [2.75, 3.05) is 51.3 Å². The molecule has 3 fully saturated rings. The van der Waals surface area contributed by atoms with Crippen LogP contribution in [-0.4, -0.2) is 103 Å². The molecule has 11 heteroatoms. The van der Waals surface area contributed by atoms with Gasteiger partial charge in [-0.15, -0.1) is 11.3 Å². The predicted molar refractivity (Wildman–Crippen MR) is 143 cm³/mol. The summed E-state index contributed by atoms with van der Waals surface area (Å²) in [5.74, 6) is -1.04. The lowest BCUT2D eigenvalue weighted by atomic mass is 10.0. The number of alkyl halides is 1. The number of ether oxygens (including phenoxy) is 1. The number of Topliss-reactive ketones (excluding diaryl/α,β-unsaturated/α-hetero) is 1. The number of piperazine rings is 1. The molecule has 0 radical (unpaired) electrons. The van der Waals surface area contributed by atoms with Crippen molar-refractivity contribution in [2.24, 2.45) is 5.92 Å². The van der Waals surface area contributed by atoms with E-state index >= 15 is 0 Å². The maximum absolute atomic E-state index is 14.4. The zero-order valence-corrected chi connectivity index (χ0v) is 22.7. The summed E-state index contributed by atoms with van der Waals surface area (Å²) in [5, 5.41) is 5.85. The molecule has 1 unspecified atom stereocenters. The summed E-state index contributed by atoms with van der Waals surface area (Å²) in [7, 11) is 2.12. The average Bonchev–Trinajstić information content (AvgIpc) is 3.62. The standard InChI is InChI=1S/C27H34FN5O4S/c1-16(2)12-20(26(36)33-13-19(28)24-23(33)22(34)14-37-24)29-25(35)18-6-4-17(5-7-18)21-15-38-27(30-21)32-10-8-31(3)9-11-32/h4-7,15-16,19-20,23-24H,8-14H2,1-3H3,(H,29,35)/t19-,20-,23?,24+/m0/s1. The van der Waals surface area contributed by atoms with Gasteiger partial charge >= 0.3 is 0 Å². The van der Waals surface area contributed by atoms with Crippen LogP contribution in [0.5, 0.6) is 0 Å². The molecule has 1 aromatic carbocycles. The van der Waals surface area contributed by atoms with E-state index < -0.39 is 36.2 Å². The fourth-order valence-electron chi connectivity index (χ4n) is 5.29. The molecular formula is C27H34FN5O4S. The van der Waals surface area contributed by atoms with Gasteiger partial charge in [0.25, 0.3) is 5.91 Å². The first-order valence-electron chi connectivity index (χ1n) is 13.1. The number of nitrogens with one attached hydrogen (secondary N) is 1. The predicted octanol–water partition coefficient (Wildman–Crippen LogP) is 2.22. The number of hydrogen-bond acceptors (Lipinski definition) is 8. The summed E-state index contributed by atoms with van der Waals surface area (Å²) in [6.45, 7) is 7.41. The molecule has 4 atom stereocenters. The second-order valence-corrected chi connectivity index (χ2v) is 11.6. The maximum atomic E-state index is 14.4. The number of carbonyl (C=O) groups excluding carboxylic acids is 3. The molecule has 1 N–H and O–H groups in total. The van der Waals surface area contributed by atoms with Gasteiger partial charge in [0.15, 0.2) is 10.9 Å². The fraction of sp³-hybridized carbons (Fsp3) is 0.556. The third kappa shape index (κ3) is 5.45. The molecule has 0 saturated carbocycles. The van der Waals surface area contributed by atoms with Crippen LogP contribution < -0.4 is 10.2 Å². The lowest BCUT2D eigenvalue weighted by Gasteiger charge is -2.32. The van der Waals surface area contributed by atoms with Crippen molar-refractivity contribution in [3.8, 4) is 11.3 Å². The zero-order chi connectivity index (χ0) is 27.0. The van der Waals surface area contributed by atoms with Gasteiger partial charge < -0.3 is 24.8 Å². The summed E-state index contributed by atoms with van der Waals surface area (Å²) in [6, 6.07) is 5.35. The minimum Gasteiger partial charge on any atom is -0.365 e. The number of halogens is 1. The first-order valence-corrected chi connectivity index (χ1v) is 14.0. The highest BCUT2D eigenvalue weighted by Gasteiger charge is 2.53. The van der Waals surface area contributed by atoms with E-state index in [1.54, 1.807) is 23.5 Å². The normalized spacial score (nSPS) is 24.7. The third-order valence-corrected chi connectivity index (χ3v) is 8.33. The van der Waals surface area contributed by atoms with Crippen LogP contribution in [0.4, 0.5) is 9.52 Å². The van der Waals surface area contributed by atoms with Crippen LogP contribution in [0.15, 0.2) is 29.6 Å². The molecule has 0 bridgehead atoms. The third-order valence-electron chi connectivity index (χ3n) is 7.42.